The Kier molecular flexibility index (Phi) is 3.08. The third kappa shape index (κ3) is 2.27. The van der Waals surface area contributed by atoms with E-state index in [1.165, 1.54) is 0 Å². The minimum Gasteiger partial charge on any atom is -0.481 e. The van der Waals surface area contributed by atoms with Gasteiger partial charge in [0.1, 0.15) is 0 Å². The molecule has 0 bridgehead atoms. The summed E-state index contributed by atoms with van der Waals surface area (Å²) in [6, 6.07) is 3.43. The van der Waals surface area contributed by atoms with E-state index in [9.17, 15) is 9.59 Å². The number of aliphatic carboxylic acids is 1. The summed E-state index contributed by atoms with van der Waals surface area (Å²) < 4.78 is 0. The number of nitrogens with zero attached hydrogens (tertiary/aromatic N) is 2. The molecular weight excluding hydrogens is 220 g/mol. The molecule has 0 unspecified atom stereocenters. The number of carbonyl (C=O) groups is 2. The second-order valence-electron chi connectivity index (χ2n) is 4.21. The van der Waals surface area contributed by atoms with Gasteiger partial charge in [0.2, 0.25) is 0 Å². The molecule has 1 aromatic rings. The Bertz CT molecular complexity index is 459. The monoisotopic (exact) mass is 234 g/mol. The molecule has 0 spiro atoms. The van der Waals surface area contributed by atoms with Gasteiger partial charge in [0.05, 0.1) is 11.5 Å². The highest BCUT2D eigenvalue weighted by Gasteiger charge is 2.31. The number of aromatic nitrogens is 1. The molecule has 2 rings (SSSR count). The van der Waals surface area contributed by atoms with E-state index in [2.05, 4.69) is 4.98 Å². The van der Waals surface area contributed by atoms with Gasteiger partial charge in [-0.2, -0.15) is 0 Å². The van der Waals surface area contributed by atoms with E-state index in [1.54, 1.807) is 30.2 Å². The number of carbonyl (C=O) groups excluding carboxylic acids is 1. The maximum Gasteiger partial charge on any atom is 0.308 e. The maximum atomic E-state index is 12.1. The number of amides is 1. The zero-order chi connectivity index (χ0) is 12.4. The van der Waals surface area contributed by atoms with Gasteiger partial charge in [0.15, 0.2) is 0 Å². The first-order valence-corrected chi connectivity index (χ1v) is 5.53. The molecule has 1 atom stereocenters. The molecule has 1 aromatic heterocycles. The van der Waals surface area contributed by atoms with Crippen molar-refractivity contribution in [1.29, 1.82) is 0 Å². The summed E-state index contributed by atoms with van der Waals surface area (Å²) in [6.07, 6.45) is 2.16. The van der Waals surface area contributed by atoms with Gasteiger partial charge in [0.25, 0.3) is 5.91 Å². The van der Waals surface area contributed by atoms with Gasteiger partial charge in [0, 0.05) is 25.0 Å². The van der Waals surface area contributed by atoms with Crippen molar-refractivity contribution in [2.45, 2.75) is 13.3 Å². The average Bonchev–Trinajstić information content (AvgIpc) is 2.78. The van der Waals surface area contributed by atoms with Crippen molar-refractivity contribution in [1.82, 2.24) is 9.88 Å². The average molecular weight is 234 g/mol. The first-order valence-electron chi connectivity index (χ1n) is 5.53. The van der Waals surface area contributed by atoms with Crippen LogP contribution in [0.2, 0.25) is 0 Å². The molecule has 1 fully saturated rings. The molecule has 2 heterocycles. The summed E-state index contributed by atoms with van der Waals surface area (Å²) in [4.78, 5) is 28.6. The van der Waals surface area contributed by atoms with Gasteiger partial charge < -0.3 is 10.0 Å². The molecule has 0 aromatic carbocycles. The van der Waals surface area contributed by atoms with Crippen LogP contribution >= 0.6 is 0 Å². The van der Waals surface area contributed by atoms with Gasteiger partial charge >= 0.3 is 5.97 Å². The number of hydrogen-bond acceptors (Lipinski definition) is 3. The highest BCUT2D eigenvalue weighted by Crippen LogP contribution is 2.19. The fourth-order valence-electron chi connectivity index (χ4n) is 2.03. The topological polar surface area (TPSA) is 70.5 Å². The first kappa shape index (κ1) is 11.6. The minimum atomic E-state index is -0.830. The lowest BCUT2D eigenvalue weighted by atomic mass is 10.1. The van der Waals surface area contributed by atoms with Gasteiger partial charge in [-0.15, -0.1) is 0 Å². The number of rotatable bonds is 2. The normalized spacial score (nSPS) is 19.4. The molecule has 17 heavy (non-hydrogen) atoms. The number of pyridine rings is 1. The van der Waals surface area contributed by atoms with E-state index in [0.717, 1.165) is 0 Å². The Labute approximate surface area is 99.1 Å². The summed E-state index contributed by atoms with van der Waals surface area (Å²) >= 11 is 0. The zero-order valence-electron chi connectivity index (χ0n) is 9.59. The summed E-state index contributed by atoms with van der Waals surface area (Å²) in [5.41, 5.74) is 1.23. The van der Waals surface area contributed by atoms with Crippen LogP contribution in [-0.4, -0.2) is 40.0 Å². The molecule has 1 N–H and O–H groups in total. The Balaban J connectivity index is 2.13. The van der Waals surface area contributed by atoms with Crippen molar-refractivity contribution >= 4 is 11.9 Å². The number of likely N-dealkylation sites (tertiary alicyclic amines) is 1. The van der Waals surface area contributed by atoms with E-state index in [1.807, 2.05) is 0 Å². The lowest BCUT2D eigenvalue weighted by Crippen LogP contribution is -2.30. The molecule has 0 saturated carbocycles. The summed E-state index contributed by atoms with van der Waals surface area (Å²) in [5, 5.41) is 8.89. The number of aryl methyl sites for hydroxylation is 1. The van der Waals surface area contributed by atoms with Crippen LogP contribution in [0.25, 0.3) is 0 Å². The highest BCUT2D eigenvalue weighted by atomic mass is 16.4. The van der Waals surface area contributed by atoms with Crippen LogP contribution in [0, 0.1) is 12.8 Å². The largest absolute Gasteiger partial charge is 0.481 e. The van der Waals surface area contributed by atoms with Crippen LogP contribution in [0.5, 0.6) is 0 Å². The van der Waals surface area contributed by atoms with Crippen molar-refractivity contribution < 1.29 is 14.7 Å². The van der Waals surface area contributed by atoms with Crippen LogP contribution in [0.4, 0.5) is 0 Å². The number of carboxylic acid groups (broad SMARTS) is 1. The van der Waals surface area contributed by atoms with Crippen LogP contribution in [0.15, 0.2) is 18.3 Å². The lowest BCUT2D eigenvalue weighted by molar-refractivity contribution is -0.141. The fraction of sp³-hybridized carbons (Fsp3) is 0.417. The molecule has 0 radical (unpaired) electrons. The molecule has 1 amide bonds. The van der Waals surface area contributed by atoms with Crippen molar-refractivity contribution in [3.05, 3.63) is 29.6 Å². The Hall–Kier alpha value is -1.91. The quantitative estimate of drug-likeness (QED) is 0.826. The molecule has 90 valence electrons. The van der Waals surface area contributed by atoms with Crippen LogP contribution < -0.4 is 0 Å². The van der Waals surface area contributed by atoms with Gasteiger partial charge in [-0.25, -0.2) is 0 Å². The predicted octanol–water partition coefficient (Wildman–Crippen LogP) is 0.937. The molecule has 1 aliphatic rings. The minimum absolute atomic E-state index is 0.126. The van der Waals surface area contributed by atoms with Crippen LogP contribution in [0.3, 0.4) is 0 Å². The van der Waals surface area contributed by atoms with Gasteiger partial charge in [-0.1, -0.05) is 0 Å². The van der Waals surface area contributed by atoms with Gasteiger partial charge in [-0.05, 0) is 25.5 Å². The Morgan fingerprint density at radius 1 is 1.53 bits per heavy atom. The Morgan fingerprint density at radius 2 is 2.29 bits per heavy atom. The summed E-state index contributed by atoms with van der Waals surface area (Å²) in [7, 11) is 0. The SMILES string of the molecule is Cc1ncccc1C(=O)N1CC[C@H](C(=O)O)C1. The second kappa shape index (κ2) is 4.53. The molecule has 5 heteroatoms. The van der Waals surface area contributed by atoms with E-state index >= 15 is 0 Å². The molecular formula is C12H14N2O3. The predicted molar refractivity (Wildman–Crippen MR) is 60.6 cm³/mol. The third-order valence-corrected chi connectivity index (χ3v) is 3.06. The van der Waals surface area contributed by atoms with Crippen molar-refractivity contribution in [2.75, 3.05) is 13.1 Å². The van der Waals surface area contributed by atoms with E-state index in [0.29, 0.717) is 30.8 Å². The van der Waals surface area contributed by atoms with E-state index in [4.69, 9.17) is 5.11 Å². The maximum absolute atomic E-state index is 12.1. The number of hydrogen-bond donors (Lipinski definition) is 1. The van der Waals surface area contributed by atoms with Crippen molar-refractivity contribution in [3.8, 4) is 0 Å². The third-order valence-electron chi connectivity index (χ3n) is 3.06. The molecule has 0 aliphatic carbocycles. The smallest absolute Gasteiger partial charge is 0.308 e. The van der Waals surface area contributed by atoms with Crippen LogP contribution in [0.1, 0.15) is 22.5 Å². The van der Waals surface area contributed by atoms with E-state index in [-0.39, 0.29) is 5.91 Å². The first-order chi connectivity index (χ1) is 8.09. The number of carboxylic acids is 1. The second-order valence-corrected chi connectivity index (χ2v) is 4.21. The molecule has 1 aliphatic heterocycles. The summed E-state index contributed by atoms with van der Waals surface area (Å²) in [5.74, 6) is -1.39. The van der Waals surface area contributed by atoms with E-state index < -0.39 is 11.9 Å². The molecule has 5 nitrogen and oxygen atoms in total. The van der Waals surface area contributed by atoms with Gasteiger partial charge in [-0.3, -0.25) is 14.6 Å². The lowest BCUT2D eigenvalue weighted by Gasteiger charge is -2.16. The molecule has 1 saturated heterocycles. The standard InChI is InChI=1S/C12H14N2O3/c1-8-10(3-2-5-13-8)11(15)14-6-4-9(7-14)12(16)17/h2-3,5,9H,4,6-7H2,1H3,(H,16,17)/t9-/m0/s1. The zero-order valence-corrected chi connectivity index (χ0v) is 9.59. The van der Waals surface area contributed by atoms with Crippen LogP contribution in [-0.2, 0) is 4.79 Å². The van der Waals surface area contributed by atoms with Crippen molar-refractivity contribution in [3.63, 3.8) is 0 Å². The summed E-state index contributed by atoms with van der Waals surface area (Å²) in [6.45, 7) is 2.57. The van der Waals surface area contributed by atoms with Crippen molar-refractivity contribution in [2.24, 2.45) is 5.92 Å². The fourth-order valence-corrected chi connectivity index (χ4v) is 2.03. The highest BCUT2D eigenvalue weighted by molar-refractivity contribution is 5.95. The Morgan fingerprint density at radius 3 is 2.88 bits per heavy atom.